The van der Waals surface area contributed by atoms with Gasteiger partial charge < -0.3 is 10.2 Å². The van der Waals surface area contributed by atoms with Gasteiger partial charge in [-0.1, -0.05) is 28.7 Å². The maximum absolute atomic E-state index is 10.9. The number of nitrogens with one attached hydrogen (secondary N) is 1. The molecule has 0 saturated heterocycles. The zero-order valence-electron chi connectivity index (χ0n) is 8.18. The number of benzene rings is 1. The van der Waals surface area contributed by atoms with Crippen molar-refractivity contribution in [3.8, 4) is 5.75 Å². The van der Waals surface area contributed by atoms with Gasteiger partial charge in [0.05, 0.1) is 4.05 Å². The van der Waals surface area contributed by atoms with Crippen LogP contribution in [0.1, 0.15) is 15.2 Å². The number of hydrogen-bond donors (Lipinski definition) is 3. The highest BCUT2D eigenvalue weighted by atomic mass is 127. The van der Waals surface area contributed by atoms with Crippen LogP contribution in [0, 0.1) is 0 Å². The number of rotatable bonds is 1. The number of aliphatic carboxylic acids is 1. The summed E-state index contributed by atoms with van der Waals surface area (Å²) in [6.07, 6.45) is 0.463. The Balaban J connectivity index is 0.00000128. The minimum absolute atomic E-state index is 0. The molecule has 1 aromatic rings. The molecule has 0 aromatic heterocycles. The Morgan fingerprint density at radius 3 is 2.81 bits per heavy atom. The van der Waals surface area contributed by atoms with Crippen molar-refractivity contribution in [3.05, 3.63) is 29.3 Å². The van der Waals surface area contributed by atoms with Crippen molar-refractivity contribution in [2.75, 3.05) is 0 Å². The van der Waals surface area contributed by atoms with Gasteiger partial charge in [-0.25, -0.2) is 0 Å². The maximum Gasteiger partial charge on any atom is 0.321 e. The molecule has 0 aliphatic carbocycles. The molecule has 1 aromatic carbocycles. The summed E-state index contributed by atoms with van der Waals surface area (Å²) < 4.78 is -0.0699. The fraction of sp³-hybridized carbons (Fsp3) is 0.300. The second-order valence-electron chi connectivity index (χ2n) is 3.51. The van der Waals surface area contributed by atoms with Crippen LogP contribution < -0.4 is 5.32 Å². The number of alkyl halides is 1. The van der Waals surface area contributed by atoms with Gasteiger partial charge >= 0.3 is 5.97 Å². The fourth-order valence-corrected chi connectivity index (χ4v) is 2.72. The number of hydrogen-bond acceptors (Lipinski definition) is 3. The Bertz CT molecular complexity index is 413. The predicted molar refractivity (Wildman–Crippen MR) is 70.4 cm³/mol. The number of fused-ring (bicyclic) bond motifs is 1. The van der Waals surface area contributed by atoms with Crippen molar-refractivity contribution in [2.24, 2.45) is 0 Å². The molecule has 0 amide bonds. The summed E-state index contributed by atoms with van der Waals surface area (Å²) in [6.45, 7) is 0. The molecule has 1 heterocycles. The molecule has 0 bridgehead atoms. The lowest BCUT2D eigenvalue weighted by atomic mass is 9.96. The first-order valence-corrected chi connectivity index (χ1v) is 5.77. The number of phenolic OH excluding ortho intramolecular Hbond substituents is 1. The number of aromatic hydroxyl groups is 1. The van der Waals surface area contributed by atoms with Crippen LogP contribution in [0.25, 0.3) is 0 Å². The van der Waals surface area contributed by atoms with Crippen LogP contribution in [0.4, 0.5) is 0 Å². The van der Waals surface area contributed by atoms with E-state index in [2.05, 4.69) is 27.9 Å². The Morgan fingerprint density at radius 2 is 2.19 bits per heavy atom. The van der Waals surface area contributed by atoms with Crippen LogP contribution >= 0.6 is 35.0 Å². The van der Waals surface area contributed by atoms with Crippen LogP contribution in [0.2, 0.25) is 0 Å². The van der Waals surface area contributed by atoms with Crippen LogP contribution in [-0.2, 0) is 11.2 Å². The van der Waals surface area contributed by atoms with Gasteiger partial charge in [-0.2, -0.15) is 0 Å². The van der Waals surface area contributed by atoms with Crippen molar-refractivity contribution >= 4 is 41.0 Å². The molecule has 2 atom stereocenters. The highest BCUT2D eigenvalue weighted by Gasteiger charge is 2.28. The summed E-state index contributed by atoms with van der Waals surface area (Å²) in [5, 5.41) is 21.2. The Hall–Kier alpha value is -0.530. The summed E-state index contributed by atoms with van der Waals surface area (Å²) in [5.74, 6) is -0.624. The molecular formula is C10H11ClINO3. The van der Waals surface area contributed by atoms with E-state index in [0.717, 1.165) is 11.1 Å². The van der Waals surface area contributed by atoms with Gasteiger partial charge in [0.2, 0.25) is 0 Å². The highest BCUT2D eigenvalue weighted by Crippen LogP contribution is 2.32. The number of carbonyl (C=O) groups is 1. The van der Waals surface area contributed by atoms with Crippen LogP contribution in [0.15, 0.2) is 18.2 Å². The Labute approximate surface area is 113 Å². The minimum Gasteiger partial charge on any atom is -0.508 e. The first-order valence-electron chi connectivity index (χ1n) is 4.52. The molecule has 1 aliphatic heterocycles. The first-order chi connectivity index (χ1) is 7.08. The molecule has 2 rings (SSSR count). The SMILES string of the molecule is Cl.O=C(O)C1Cc2ccc(O)cc2C(I)N1. The monoisotopic (exact) mass is 355 g/mol. The lowest BCUT2D eigenvalue weighted by Crippen LogP contribution is -2.42. The molecule has 16 heavy (non-hydrogen) atoms. The van der Waals surface area contributed by atoms with Gasteiger partial charge in [0.25, 0.3) is 0 Å². The highest BCUT2D eigenvalue weighted by molar-refractivity contribution is 14.1. The number of halogens is 2. The van der Waals surface area contributed by atoms with E-state index in [9.17, 15) is 9.90 Å². The van der Waals surface area contributed by atoms with E-state index in [1.165, 1.54) is 0 Å². The van der Waals surface area contributed by atoms with Gasteiger partial charge in [-0.15, -0.1) is 12.4 Å². The van der Waals surface area contributed by atoms with Gasteiger partial charge in [-0.3, -0.25) is 10.1 Å². The molecule has 2 unspecified atom stereocenters. The molecule has 1 aliphatic rings. The topological polar surface area (TPSA) is 69.6 Å². The van der Waals surface area contributed by atoms with Crippen LogP contribution in [0.5, 0.6) is 5.75 Å². The third-order valence-corrected chi connectivity index (χ3v) is 3.50. The van der Waals surface area contributed by atoms with E-state index >= 15 is 0 Å². The molecule has 0 fully saturated rings. The van der Waals surface area contributed by atoms with Crippen LogP contribution in [0.3, 0.4) is 0 Å². The quantitative estimate of drug-likeness (QED) is 0.408. The van der Waals surface area contributed by atoms with E-state index in [1.807, 2.05) is 0 Å². The molecular weight excluding hydrogens is 344 g/mol. The second-order valence-corrected chi connectivity index (χ2v) is 4.75. The minimum atomic E-state index is -0.838. The third kappa shape index (κ3) is 2.58. The standard InChI is InChI=1S/C10H10INO3.ClH/c11-9-7-4-6(13)2-1-5(7)3-8(12-9)10(14)15;/h1-2,4,8-9,12-13H,3H2,(H,14,15);1H. The van der Waals surface area contributed by atoms with Crippen molar-refractivity contribution in [2.45, 2.75) is 16.5 Å². The van der Waals surface area contributed by atoms with Crippen LogP contribution in [-0.4, -0.2) is 22.2 Å². The molecule has 0 spiro atoms. The lowest BCUT2D eigenvalue weighted by Gasteiger charge is -2.27. The van der Waals surface area contributed by atoms with Gasteiger partial charge in [-0.05, 0) is 29.7 Å². The Morgan fingerprint density at radius 1 is 1.50 bits per heavy atom. The fourth-order valence-electron chi connectivity index (χ4n) is 1.71. The molecule has 4 nitrogen and oxygen atoms in total. The van der Waals surface area contributed by atoms with E-state index in [0.29, 0.717) is 6.42 Å². The van der Waals surface area contributed by atoms with Crippen molar-refractivity contribution in [1.82, 2.24) is 5.32 Å². The molecule has 0 saturated carbocycles. The van der Waals surface area contributed by atoms with E-state index in [-0.39, 0.29) is 22.2 Å². The summed E-state index contributed by atoms with van der Waals surface area (Å²) in [5.41, 5.74) is 1.95. The number of carboxylic acids is 1. The summed E-state index contributed by atoms with van der Waals surface area (Å²) in [4.78, 5) is 10.9. The zero-order valence-corrected chi connectivity index (χ0v) is 11.2. The number of carboxylic acid groups (broad SMARTS) is 1. The average molecular weight is 356 g/mol. The Kier molecular flexibility index (Phi) is 4.40. The van der Waals surface area contributed by atoms with Gasteiger partial charge in [0, 0.05) is 0 Å². The predicted octanol–water partition coefficient (Wildman–Crippen LogP) is 1.85. The first kappa shape index (κ1) is 13.5. The van der Waals surface area contributed by atoms with Crippen molar-refractivity contribution < 1.29 is 15.0 Å². The molecule has 6 heteroatoms. The summed E-state index contributed by atoms with van der Waals surface area (Å²) >= 11 is 2.13. The van der Waals surface area contributed by atoms with E-state index in [4.69, 9.17) is 5.11 Å². The van der Waals surface area contributed by atoms with E-state index in [1.54, 1.807) is 18.2 Å². The second kappa shape index (κ2) is 5.20. The van der Waals surface area contributed by atoms with Gasteiger partial charge in [0.15, 0.2) is 0 Å². The largest absolute Gasteiger partial charge is 0.508 e. The normalized spacial score (nSPS) is 23.1. The third-order valence-electron chi connectivity index (χ3n) is 2.47. The molecule has 0 radical (unpaired) electrons. The summed E-state index contributed by atoms with van der Waals surface area (Å²) in [6, 6.07) is 4.51. The molecule has 3 N–H and O–H groups in total. The average Bonchev–Trinajstić information content (AvgIpc) is 2.18. The summed E-state index contributed by atoms with van der Waals surface area (Å²) in [7, 11) is 0. The smallest absolute Gasteiger partial charge is 0.321 e. The van der Waals surface area contributed by atoms with E-state index < -0.39 is 12.0 Å². The van der Waals surface area contributed by atoms with Crippen molar-refractivity contribution in [3.63, 3.8) is 0 Å². The maximum atomic E-state index is 10.9. The van der Waals surface area contributed by atoms with Gasteiger partial charge in [0.1, 0.15) is 11.8 Å². The zero-order chi connectivity index (χ0) is 11.0. The number of phenols is 1. The van der Waals surface area contributed by atoms with Crippen molar-refractivity contribution in [1.29, 1.82) is 0 Å². The molecule has 88 valence electrons. The lowest BCUT2D eigenvalue weighted by molar-refractivity contribution is -0.139.